The molecule has 3 heterocycles. The van der Waals surface area contributed by atoms with Crippen LogP contribution < -0.4 is 5.32 Å². The summed E-state index contributed by atoms with van der Waals surface area (Å²) in [6, 6.07) is 6.16. The molecule has 0 saturated carbocycles. The predicted molar refractivity (Wildman–Crippen MR) is 73.9 cm³/mol. The molecular weight excluding hydrogens is 238 g/mol. The second kappa shape index (κ2) is 5.24. The molecule has 3 aromatic heterocycles. The first-order valence-corrected chi connectivity index (χ1v) is 6.44. The fraction of sp³-hybridized carbons (Fsp3) is 0.286. The van der Waals surface area contributed by atoms with E-state index in [9.17, 15) is 0 Å². The van der Waals surface area contributed by atoms with Crippen molar-refractivity contribution in [3.63, 3.8) is 0 Å². The zero-order valence-electron chi connectivity index (χ0n) is 11.0. The van der Waals surface area contributed by atoms with Crippen molar-refractivity contribution in [2.45, 2.75) is 20.0 Å². The number of fused-ring (bicyclic) bond motifs is 1. The molecule has 19 heavy (non-hydrogen) atoms. The molecule has 0 atom stereocenters. The summed E-state index contributed by atoms with van der Waals surface area (Å²) in [6.07, 6.45) is 7.75. The van der Waals surface area contributed by atoms with Crippen LogP contribution in [0.1, 0.15) is 11.3 Å². The van der Waals surface area contributed by atoms with Gasteiger partial charge in [-0.25, -0.2) is 4.98 Å². The summed E-state index contributed by atoms with van der Waals surface area (Å²) in [5.41, 5.74) is 3.40. The Morgan fingerprint density at radius 3 is 3.11 bits per heavy atom. The van der Waals surface area contributed by atoms with Crippen molar-refractivity contribution in [3.05, 3.63) is 54.2 Å². The summed E-state index contributed by atoms with van der Waals surface area (Å²) in [5.74, 6) is 0. The molecule has 0 saturated heterocycles. The maximum Gasteiger partial charge on any atom is 0.136 e. The number of aromatic nitrogens is 4. The van der Waals surface area contributed by atoms with Gasteiger partial charge in [-0.15, -0.1) is 0 Å². The van der Waals surface area contributed by atoms with Crippen LogP contribution in [-0.2, 0) is 13.1 Å². The smallest absolute Gasteiger partial charge is 0.136 e. The Morgan fingerprint density at radius 1 is 1.32 bits per heavy atom. The minimum Gasteiger partial charge on any atom is -0.309 e. The number of aryl methyl sites for hydroxylation is 1. The minimum absolute atomic E-state index is 0.827. The van der Waals surface area contributed by atoms with Crippen LogP contribution in [0.3, 0.4) is 0 Å². The van der Waals surface area contributed by atoms with Crippen molar-refractivity contribution in [1.29, 1.82) is 0 Å². The standard InChI is InChI=1S/C14H17N5/c1-12-9-17-18(11-12)7-5-15-10-13-3-2-4-14-16-6-8-19(13)14/h2-4,6,8-9,11,15H,5,7,10H2,1H3. The fourth-order valence-corrected chi connectivity index (χ4v) is 2.15. The Balaban J connectivity index is 1.56. The topological polar surface area (TPSA) is 47.2 Å². The van der Waals surface area contributed by atoms with Gasteiger partial charge in [0.25, 0.3) is 0 Å². The van der Waals surface area contributed by atoms with E-state index in [1.54, 1.807) is 0 Å². The Morgan fingerprint density at radius 2 is 2.26 bits per heavy atom. The molecule has 0 amide bonds. The molecule has 0 spiro atoms. The van der Waals surface area contributed by atoms with E-state index < -0.39 is 0 Å². The van der Waals surface area contributed by atoms with Crippen molar-refractivity contribution < 1.29 is 0 Å². The molecule has 0 unspecified atom stereocenters. The third kappa shape index (κ3) is 2.66. The third-order valence-corrected chi connectivity index (χ3v) is 3.10. The molecule has 0 aliphatic heterocycles. The molecule has 98 valence electrons. The van der Waals surface area contributed by atoms with Crippen LogP contribution in [0.2, 0.25) is 0 Å². The van der Waals surface area contributed by atoms with Gasteiger partial charge >= 0.3 is 0 Å². The van der Waals surface area contributed by atoms with Gasteiger partial charge in [0.1, 0.15) is 5.65 Å². The zero-order valence-corrected chi connectivity index (χ0v) is 11.0. The van der Waals surface area contributed by atoms with E-state index in [4.69, 9.17) is 0 Å². The lowest BCUT2D eigenvalue weighted by Gasteiger charge is -2.07. The Bertz CT molecular complexity index is 667. The van der Waals surface area contributed by atoms with Crippen molar-refractivity contribution in [3.8, 4) is 0 Å². The normalized spacial score (nSPS) is 11.2. The molecule has 5 nitrogen and oxygen atoms in total. The van der Waals surface area contributed by atoms with E-state index in [-0.39, 0.29) is 0 Å². The number of hydrogen-bond donors (Lipinski definition) is 1. The first-order chi connectivity index (χ1) is 9.33. The molecule has 3 aromatic rings. The van der Waals surface area contributed by atoms with Crippen LogP contribution in [0.25, 0.3) is 5.65 Å². The van der Waals surface area contributed by atoms with Crippen LogP contribution in [-0.4, -0.2) is 25.7 Å². The number of nitrogens with zero attached hydrogens (tertiary/aromatic N) is 4. The van der Waals surface area contributed by atoms with Crippen molar-refractivity contribution >= 4 is 5.65 Å². The quantitative estimate of drug-likeness (QED) is 0.705. The van der Waals surface area contributed by atoms with E-state index in [1.165, 1.54) is 11.3 Å². The van der Waals surface area contributed by atoms with Crippen molar-refractivity contribution in [2.75, 3.05) is 6.54 Å². The number of imidazole rings is 1. The van der Waals surface area contributed by atoms with Gasteiger partial charge in [0.2, 0.25) is 0 Å². The highest BCUT2D eigenvalue weighted by Gasteiger charge is 2.00. The second-order valence-electron chi connectivity index (χ2n) is 4.63. The summed E-state index contributed by atoms with van der Waals surface area (Å²) < 4.78 is 4.06. The highest BCUT2D eigenvalue weighted by atomic mass is 15.3. The van der Waals surface area contributed by atoms with E-state index >= 15 is 0 Å². The van der Waals surface area contributed by atoms with E-state index in [0.717, 1.165) is 25.3 Å². The summed E-state index contributed by atoms with van der Waals surface area (Å²) in [4.78, 5) is 4.28. The van der Waals surface area contributed by atoms with Gasteiger partial charge in [0, 0.05) is 37.4 Å². The molecule has 1 N–H and O–H groups in total. The lowest BCUT2D eigenvalue weighted by Crippen LogP contribution is -2.20. The summed E-state index contributed by atoms with van der Waals surface area (Å²) >= 11 is 0. The Kier molecular flexibility index (Phi) is 3.29. The molecule has 0 aliphatic rings. The van der Waals surface area contributed by atoms with Crippen LogP contribution >= 0.6 is 0 Å². The number of pyridine rings is 1. The maximum atomic E-state index is 4.28. The van der Waals surface area contributed by atoms with E-state index in [0.29, 0.717) is 0 Å². The highest BCUT2D eigenvalue weighted by Crippen LogP contribution is 2.05. The molecule has 0 fully saturated rings. The fourth-order valence-electron chi connectivity index (χ4n) is 2.15. The largest absolute Gasteiger partial charge is 0.309 e. The van der Waals surface area contributed by atoms with Crippen LogP contribution in [0, 0.1) is 6.92 Å². The molecule has 0 aliphatic carbocycles. The van der Waals surface area contributed by atoms with E-state index in [1.807, 2.05) is 35.4 Å². The third-order valence-electron chi connectivity index (χ3n) is 3.10. The van der Waals surface area contributed by atoms with Crippen molar-refractivity contribution in [2.24, 2.45) is 0 Å². The van der Waals surface area contributed by atoms with Crippen LogP contribution in [0.4, 0.5) is 0 Å². The van der Waals surface area contributed by atoms with Gasteiger partial charge in [-0.1, -0.05) is 6.07 Å². The van der Waals surface area contributed by atoms with Gasteiger partial charge in [0.15, 0.2) is 0 Å². The molecule has 0 radical (unpaired) electrons. The van der Waals surface area contributed by atoms with Crippen molar-refractivity contribution in [1.82, 2.24) is 24.5 Å². The minimum atomic E-state index is 0.827. The lowest BCUT2D eigenvalue weighted by molar-refractivity contribution is 0.550. The van der Waals surface area contributed by atoms with Gasteiger partial charge in [0.05, 0.1) is 12.7 Å². The average molecular weight is 255 g/mol. The van der Waals surface area contributed by atoms with E-state index in [2.05, 4.69) is 39.0 Å². The van der Waals surface area contributed by atoms with Crippen LogP contribution in [0.15, 0.2) is 43.0 Å². The Hall–Kier alpha value is -2.14. The number of rotatable bonds is 5. The second-order valence-corrected chi connectivity index (χ2v) is 4.63. The summed E-state index contributed by atoms with van der Waals surface area (Å²) in [6.45, 7) is 4.66. The Labute approximate surface area is 111 Å². The monoisotopic (exact) mass is 255 g/mol. The molecule has 5 heteroatoms. The molecule has 3 rings (SSSR count). The van der Waals surface area contributed by atoms with Crippen LogP contribution in [0.5, 0.6) is 0 Å². The van der Waals surface area contributed by atoms with Gasteiger partial charge in [-0.05, 0) is 24.6 Å². The zero-order chi connectivity index (χ0) is 13.1. The molecule has 0 bridgehead atoms. The molecule has 0 aromatic carbocycles. The maximum absolute atomic E-state index is 4.28. The molecular formula is C14H17N5. The van der Waals surface area contributed by atoms with Gasteiger partial charge in [-0.3, -0.25) is 4.68 Å². The average Bonchev–Trinajstić information content (AvgIpc) is 3.03. The van der Waals surface area contributed by atoms with Gasteiger partial charge in [-0.2, -0.15) is 5.10 Å². The SMILES string of the molecule is Cc1cnn(CCNCc2cccc3nccn23)c1. The lowest BCUT2D eigenvalue weighted by atomic mass is 10.3. The summed E-state index contributed by atoms with van der Waals surface area (Å²) in [5, 5.41) is 7.70. The summed E-state index contributed by atoms with van der Waals surface area (Å²) in [7, 11) is 0. The number of nitrogens with one attached hydrogen (secondary N) is 1. The first-order valence-electron chi connectivity index (χ1n) is 6.44. The highest BCUT2D eigenvalue weighted by molar-refractivity contribution is 5.39. The predicted octanol–water partition coefficient (Wildman–Crippen LogP) is 1.63. The number of hydrogen-bond acceptors (Lipinski definition) is 3. The first kappa shape index (κ1) is 11.9. The van der Waals surface area contributed by atoms with Gasteiger partial charge < -0.3 is 9.72 Å².